The Bertz CT molecular complexity index is 1070. The van der Waals surface area contributed by atoms with Crippen LogP contribution in [0.25, 0.3) is 10.9 Å². The van der Waals surface area contributed by atoms with Crippen molar-refractivity contribution in [3.05, 3.63) is 70.0 Å². The van der Waals surface area contributed by atoms with Crippen LogP contribution < -0.4 is 11.0 Å². The second-order valence-electron chi connectivity index (χ2n) is 5.89. The van der Waals surface area contributed by atoms with Crippen LogP contribution in [0.5, 0.6) is 0 Å². The minimum absolute atomic E-state index is 0.00605. The van der Waals surface area contributed by atoms with Crippen molar-refractivity contribution in [2.75, 3.05) is 11.2 Å². The van der Waals surface area contributed by atoms with Gasteiger partial charge in [-0.25, -0.2) is 4.98 Å². The number of halogens is 3. The van der Waals surface area contributed by atoms with Crippen LogP contribution >= 0.6 is 11.8 Å². The summed E-state index contributed by atoms with van der Waals surface area (Å²) in [5, 5.41) is 0.120. The first kappa shape index (κ1) is 19.9. The Kier molecular flexibility index (Phi) is 5.73. The number of aromatic nitrogens is 2. The van der Waals surface area contributed by atoms with Gasteiger partial charge in [-0.05, 0) is 29.5 Å². The van der Waals surface area contributed by atoms with Crippen molar-refractivity contribution in [3.63, 3.8) is 0 Å². The molecule has 3 rings (SSSR count). The van der Waals surface area contributed by atoms with Crippen molar-refractivity contribution in [1.29, 1.82) is 0 Å². The SMILES string of the molecule is CCSc1nc2cc(C(F)(F)F)ccc2c(=O)n1NC(=O)Cc1ccccc1. The third-order valence-corrected chi connectivity index (χ3v) is 4.70. The number of fused-ring (bicyclic) bond motifs is 1. The molecule has 146 valence electrons. The minimum atomic E-state index is -4.54. The molecule has 3 aromatic rings. The van der Waals surface area contributed by atoms with Gasteiger partial charge in [0.1, 0.15) is 0 Å². The fourth-order valence-corrected chi connectivity index (χ4v) is 3.29. The number of nitrogens with one attached hydrogen (secondary N) is 1. The molecule has 0 fully saturated rings. The average molecular weight is 407 g/mol. The first-order valence-corrected chi connectivity index (χ1v) is 9.38. The molecule has 0 atom stereocenters. The molecule has 9 heteroatoms. The lowest BCUT2D eigenvalue weighted by Crippen LogP contribution is -2.36. The van der Waals surface area contributed by atoms with Gasteiger partial charge in [0.15, 0.2) is 5.16 Å². The van der Waals surface area contributed by atoms with Gasteiger partial charge in [-0.2, -0.15) is 17.8 Å². The lowest BCUT2D eigenvalue weighted by atomic mass is 10.1. The van der Waals surface area contributed by atoms with Crippen molar-refractivity contribution in [3.8, 4) is 0 Å². The number of rotatable bonds is 5. The predicted molar refractivity (Wildman–Crippen MR) is 102 cm³/mol. The van der Waals surface area contributed by atoms with Crippen LogP contribution in [0.3, 0.4) is 0 Å². The largest absolute Gasteiger partial charge is 0.416 e. The number of hydrogen-bond acceptors (Lipinski definition) is 4. The summed E-state index contributed by atoms with van der Waals surface area (Å²) in [7, 11) is 0. The average Bonchev–Trinajstić information content (AvgIpc) is 2.65. The monoisotopic (exact) mass is 407 g/mol. The molecule has 0 saturated heterocycles. The van der Waals surface area contributed by atoms with Gasteiger partial charge in [0, 0.05) is 0 Å². The van der Waals surface area contributed by atoms with Crippen LogP contribution in [0.2, 0.25) is 0 Å². The Morgan fingerprint density at radius 1 is 1.18 bits per heavy atom. The van der Waals surface area contributed by atoms with Crippen LogP contribution in [0.15, 0.2) is 58.5 Å². The molecule has 2 aromatic carbocycles. The number of hydrogen-bond donors (Lipinski definition) is 1. The number of nitrogens with zero attached hydrogens (tertiary/aromatic N) is 2. The molecule has 0 saturated carbocycles. The maximum Gasteiger partial charge on any atom is 0.416 e. The van der Waals surface area contributed by atoms with Gasteiger partial charge in [0.05, 0.1) is 22.9 Å². The Hall–Kier alpha value is -2.81. The zero-order valence-electron chi connectivity index (χ0n) is 14.8. The fourth-order valence-electron chi connectivity index (χ4n) is 2.61. The first-order valence-electron chi connectivity index (χ1n) is 8.40. The number of thioether (sulfide) groups is 1. The van der Waals surface area contributed by atoms with Crippen molar-refractivity contribution >= 4 is 28.6 Å². The van der Waals surface area contributed by atoms with E-state index in [0.29, 0.717) is 5.75 Å². The fraction of sp³-hybridized carbons (Fsp3) is 0.211. The number of alkyl halides is 3. The normalized spacial score (nSPS) is 11.6. The number of carbonyl (C=O) groups is 1. The molecular weight excluding hydrogens is 391 g/mol. The molecule has 1 aromatic heterocycles. The summed E-state index contributed by atoms with van der Waals surface area (Å²) in [4.78, 5) is 29.3. The van der Waals surface area contributed by atoms with E-state index in [0.717, 1.165) is 40.2 Å². The van der Waals surface area contributed by atoms with E-state index in [-0.39, 0.29) is 22.5 Å². The zero-order valence-corrected chi connectivity index (χ0v) is 15.6. The highest BCUT2D eigenvalue weighted by Gasteiger charge is 2.31. The summed E-state index contributed by atoms with van der Waals surface area (Å²) < 4.78 is 39.8. The minimum Gasteiger partial charge on any atom is -0.273 e. The molecule has 5 nitrogen and oxygen atoms in total. The molecular formula is C19H16F3N3O2S. The van der Waals surface area contributed by atoms with Gasteiger partial charge in [-0.3, -0.25) is 15.0 Å². The second kappa shape index (κ2) is 8.05. The molecule has 1 N–H and O–H groups in total. The summed E-state index contributed by atoms with van der Waals surface area (Å²) in [5.74, 6) is 0.0881. The van der Waals surface area contributed by atoms with Gasteiger partial charge in [0.2, 0.25) is 5.91 Å². The molecule has 1 heterocycles. The van der Waals surface area contributed by atoms with E-state index in [1.165, 1.54) is 0 Å². The van der Waals surface area contributed by atoms with Crippen molar-refractivity contribution in [1.82, 2.24) is 9.66 Å². The summed E-state index contributed by atoms with van der Waals surface area (Å²) in [5.41, 5.74) is 1.70. The molecule has 1 amide bonds. The van der Waals surface area contributed by atoms with Crippen LogP contribution in [0, 0.1) is 0 Å². The highest BCUT2D eigenvalue weighted by molar-refractivity contribution is 7.99. The summed E-state index contributed by atoms with van der Waals surface area (Å²) >= 11 is 1.15. The molecule has 0 aliphatic carbocycles. The van der Waals surface area contributed by atoms with Gasteiger partial charge in [0.25, 0.3) is 5.56 Å². The van der Waals surface area contributed by atoms with E-state index in [4.69, 9.17) is 0 Å². The summed E-state index contributed by atoms with van der Waals surface area (Å²) in [6.45, 7) is 1.81. The molecule has 0 aliphatic heterocycles. The standard InChI is InChI=1S/C19H16F3N3O2S/c1-2-28-18-23-15-11-13(19(20,21)22)8-9-14(15)17(27)25(18)24-16(26)10-12-6-4-3-5-7-12/h3-9,11H,2,10H2,1H3,(H,24,26). The maximum atomic E-state index is 12.9. The Morgan fingerprint density at radius 2 is 1.89 bits per heavy atom. The summed E-state index contributed by atoms with van der Waals surface area (Å²) in [6.07, 6.45) is -4.48. The number of carbonyl (C=O) groups excluding carboxylic acids is 1. The van der Waals surface area contributed by atoms with Crippen LogP contribution in [0.4, 0.5) is 13.2 Å². The van der Waals surface area contributed by atoms with Crippen molar-refractivity contribution < 1.29 is 18.0 Å². The van der Waals surface area contributed by atoms with E-state index in [1.54, 1.807) is 24.3 Å². The maximum absolute atomic E-state index is 12.9. The number of benzene rings is 2. The van der Waals surface area contributed by atoms with Crippen molar-refractivity contribution in [2.45, 2.75) is 24.7 Å². The van der Waals surface area contributed by atoms with Crippen LogP contribution in [-0.2, 0) is 17.4 Å². The molecule has 0 aliphatic rings. The van der Waals surface area contributed by atoms with E-state index in [9.17, 15) is 22.8 Å². The Morgan fingerprint density at radius 3 is 2.54 bits per heavy atom. The predicted octanol–water partition coefficient (Wildman–Crippen LogP) is 3.84. The molecule has 0 spiro atoms. The molecule has 0 radical (unpaired) electrons. The summed E-state index contributed by atoms with van der Waals surface area (Å²) in [6, 6.07) is 11.7. The van der Waals surface area contributed by atoms with E-state index >= 15 is 0 Å². The van der Waals surface area contributed by atoms with E-state index < -0.39 is 23.2 Å². The third-order valence-electron chi connectivity index (χ3n) is 3.88. The highest BCUT2D eigenvalue weighted by Crippen LogP contribution is 2.30. The van der Waals surface area contributed by atoms with Gasteiger partial charge in [-0.15, -0.1) is 0 Å². The van der Waals surface area contributed by atoms with Crippen LogP contribution in [0.1, 0.15) is 18.1 Å². The van der Waals surface area contributed by atoms with Gasteiger partial charge < -0.3 is 0 Å². The van der Waals surface area contributed by atoms with E-state index in [1.807, 2.05) is 13.0 Å². The quantitative estimate of drug-likeness (QED) is 0.516. The molecule has 0 bridgehead atoms. The number of amides is 1. The Labute approximate surface area is 162 Å². The zero-order chi connectivity index (χ0) is 20.3. The topological polar surface area (TPSA) is 64.0 Å². The molecule has 28 heavy (non-hydrogen) atoms. The first-order chi connectivity index (χ1) is 13.3. The van der Waals surface area contributed by atoms with Gasteiger partial charge >= 0.3 is 6.18 Å². The van der Waals surface area contributed by atoms with Gasteiger partial charge in [-0.1, -0.05) is 49.0 Å². The van der Waals surface area contributed by atoms with E-state index in [2.05, 4.69) is 10.4 Å². The lowest BCUT2D eigenvalue weighted by molar-refractivity contribution is -0.137. The smallest absolute Gasteiger partial charge is 0.273 e. The highest BCUT2D eigenvalue weighted by atomic mass is 32.2. The lowest BCUT2D eigenvalue weighted by Gasteiger charge is -2.14. The second-order valence-corrected chi connectivity index (χ2v) is 7.13. The Balaban J connectivity index is 2.01. The third kappa shape index (κ3) is 4.36. The van der Waals surface area contributed by atoms with Crippen LogP contribution in [-0.4, -0.2) is 21.3 Å². The van der Waals surface area contributed by atoms with Crippen molar-refractivity contribution in [2.24, 2.45) is 0 Å². The molecule has 0 unspecified atom stereocenters.